The van der Waals surface area contributed by atoms with E-state index in [9.17, 15) is 4.79 Å². The summed E-state index contributed by atoms with van der Waals surface area (Å²) in [5.41, 5.74) is 0.774. The molecule has 4 rings (SSSR count). The lowest BCUT2D eigenvalue weighted by molar-refractivity contribution is 0.177. The van der Waals surface area contributed by atoms with Gasteiger partial charge in [0.2, 0.25) is 5.95 Å². The van der Waals surface area contributed by atoms with Crippen LogP contribution in [0.2, 0.25) is 5.02 Å². The van der Waals surface area contributed by atoms with Gasteiger partial charge >= 0.3 is 6.09 Å². The van der Waals surface area contributed by atoms with Gasteiger partial charge in [0, 0.05) is 16.8 Å². The highest BCUT2D eigenvalue weighted by Crippen LogP contribution is 2.27. The fourth-order valence-electron chi connectivity index (χ4n) is 3.12. The van der Waals surface area contributed by atoms with Crippen LogP contribution in [0.3, 0.4) is 0 Å². The summed E-state index contributed by atoms with van der Waals surface area (Å²) in [5.74, 6) is 1.91. The smallest absolute Gasteiger partial charge is 0.415 e. The number of nitrogens with zero attached hydrogens (tertiary/aromatic N) is 5. The van der Waals surface area contributed by atoms with Crippen LogP contribution in [0.5, 0.6) is 0 Å². The molecule has 156 valence electrons. The Bertz CT molecular complexity index is 1040. The Hall–Kier alpha value is -3.20. The van der Waals surface area contributed by atoms with Crippen molar-refractivity contribution in [2.24, 2.45) is 5.92 Å². The van der Waals surface area contributed by atoms with E-state index in [4.69, 9.17) is 20.9 Å². The highest BCUT2D eigenvalue weighted by molar-refractivity contribution is 6.30. The molecule has 1 aliphatic rings. The quantitative estimate of drug-likeness (QED) is 0.618. The van der Waals surface area contributed by atoms with Crippen molar-refractivity contribution in [3.8, 4) is 11.5 Å². The molecule has 0 radical (unpaired) electrons. The number of rotatable bonds is 6. The number of amides is 1. The highest BCUT2D eigenvalue weighted by atomic mass is 35.5. The molecule has 10 heteroatoms. The van der Waals surface area contributed by atoms with E-state index in [2.05, 4.69) is 25.4 Å². The van der Waals surface area contributed by atoms with Crippen LogP contribution in [0.1, 0.15) is 32.6 Å². The lowest BCUT2D eigenvalue weighted by Gasteiger charge is -2.23. The maximum atomic E-state index is 12.2. The van der Waals surface area contributed by atoms with E-state index < -0.39 is 6.09 Å². The Labute approximate surface area is 178 Å². The molecule has 30 heavy (non-hydrogen) atoms. The predicted molar refractivity (Wildman–Crippen MR) is 111 cm³/mol. The minimum absolute atomic E-state index is 0.0724. The largest absolute Gasteiger partial charge is 0.447 e. The molecule has 9 nitrogen and oxygen atoms in total. The van der Waals surface area contributed by atoms with Gasteiger partial charge in [0.15, 0.2) is 5.82 Å². The Kier molecular flexibility index (Phi) is 5.54. The first kappa shape index (κ1) is 20.1. The third-order valence-electron chi connectivity index (χ3n) is 4.83. The van der Waals surface area contributed by atoms with Gasteiger partial charge in [-0.25, -0.2) is 9.78 Å². The standard InChI is InChI=1S/C20H21ClN6O3/c1-11(2)15-10-29-20(28)27(15)16-8-9-22-19(24-16)23-12(3)17-25-18(30-26-17)13-4-6-14(21)7-5-13/h4-9,11-12,15H,10H2,1-3H3,(H,22,23,24)/t12-,15?/m0/s1. The zero-order valence-corrected chi connectivity index (χ0v) is 17.5. The highest BCUT2D eigenvalue weighted by Gasteiger charge is 2.37. The second-order valence-corrected chi connectivity index (χ2v) is 7.76. The van der Waals surface area contributed by atoms with Gasteiger partial charge in [-0.2, -0.15) is 9.97 Å². The molecule has 3 aromatic rings. The minimum atomic E-state index is -0.405. The molecule has 1 saturated heterocycles. The number of ether oxygens (including phenoxy) is 1. The maximum Gasteiger partial charge on any atom is 0.415 e. The van der Waals surface area contributed by atoms with Gasteiger partial charge in [-0.15, -0.1) is 0 Å². The Morgan fingerprint density at radius 3 is 2.67 bits per heavy atom. The van der Waals surface area contributed by atoms with Crippen LogP contribution in [-0.2, 0) is 4.74 Å². The molecular formula is C20H21ClN6O3. The van der Waals surface area contributed by atoms with Crippen LogP contribution in [0, 0.1) is 5.92 Å². The lowest BCUT2D eigenvalue weighted by atomic mass is 10.0. The molecule has 0 saturated carbocycles. The van der Waals surface area contributed by atoms with Gasteiger partial charge < -0.3 is 14.6 Å². The van der Waals surface area contributed by atoms with Gasteiger partial charge in [-0.3, -0.25) is 4.90 Å². The second kappa shape index (κ2) is 8.27. The summed E-state index contributed by atoms with van der Waals surface area (Å²) in [6.45, 7) is 6.29. The molecule has 1 N–H and O–H groups in total. The minimum Gasteiger partial charge on any atom is -0.447 e. The van der Waals surface area contributed by atoms with E-state index in [1.165, 1.54) is 0 Å². The number of carbonyl (C=O) groups is 1. The first-order valence-corrected chi connectivity index (χ1v) is 9.95. The molecule has 1 amide bonds. The van der Waals surface area contributed by atoms with Gasteiger partial charge in [0.25, 0.3) is 5.89 Å². The number of anilines is 2. The van der Waals surface area contributed by atoms with E-state index in [0.717, 1.165) is 5.56 Å². The first-order chi connectivity index (χ1) is 14.4. The molecular weight excluding hydrogens is 408 g/mol. The molecule has 1 unspecified atom stereocenters. The summed E-state index contributed by atoms with van der Waals surface area (Å²) in [6, 6.07) is 8.43. The van der Waals surface area contributed by atoms with Crippen molar-refractivity contribution in [3.05, 3.63) is 47.4 Å². The normalized spacial score (nSPS) is 17.3. The van der Waals surface area contributed by atoms with Crippen molar-refractivity contribution < 1.29 is 14.1 Å². The van der Waals surface area contributed by atoms with Crippen molar-refractivity contribution in [2.75, 3.05) is 16.8 Å². The number of hydrogen-bond donors (Lipinski definition) is 1. The van der Waals surface area contributed by atoms with E-state index in [1.54, 1.807) is 29.3 Å². The van der Waals surface area contributed by atoms with Crippen molar-refractivity contribution in [2.45, 2.75) is 32.9 Å². The molecule has 0 spiro atoms. The molecule has 1 aliphatic heterocycles. The van der Waals surface area contributed by atoms with Crippen molar-refractivity contribution in [1.29, 1.82) is 0 Å². The number of halogens is 1. The van der Waals surface area contributed by atoms with Crippen molar-refractivity contribution in [3.63, 3.8) is 0 Å². The summed E-state index contributed by atoms with van der Waals surface area (Å²) >= 11 is 5.92. The SMILES string of the molecule is CC(C)C1COC(=O)N1c1ccnc(N[C@@H](C)c2noc(-c3ccc(Cl)cc3)n2)n1. The van der Waals surface area contributed by atoms with Gasteiger partial charge in [-0.1, -0.05) is 30.6 Å². The number of cyclic esters (lactones) is 1. The Morgan fingerprint density at radius 2 is 1.93 bits per heavy atom. The van der Waals surface area contributed by atoms with Crippen molar-refractivity contribution in [1.82, 2.24) is 20.1 Å². The van der Waals surface area contributed by atoms with E-state index >= 15 is 0 Å². The third-order valence-corrected chi connectivity index (χ3v) is 5.08. The van der Waals surface area contributed by atoms with Gasteiger partial charge in [0.1, 0.15) is 12.4 Å². The van der Waals surface area contributed by atoms with Crippen LogP contribution in [-0.4, -0.2) is 38.9 Å². The fraction of sp³-hybridized carbons (Fsp3) is 0.350. The van der Waals surface area contributed by atoms with Crippen LogP contribution in [0.25, 0.3) is 11.5 Å². The van der Waals surface area contributed by atoms with Crippen molar-refractivity contribution >= 4 is 29.5 Å². The van der Waals surface area contributed by atoms with Crippen LogP contribution in [0.4, 0.5) is 16.6 Å². The molecule has 2 atom stereocenters. The Balaban J connectivity index is 1.50. The summed E-state index contributed by atoms with van der Waals surface area (Å²) in [5, 5.41) is 7.82. The number of carbonyl (C=O) groups excluding carboxylic acids is 1. The summed E-state index contributed by atoms with van der Waals surface area (Å²) < 4.78 is 10.6. The van der Waals surface area contributed by atoms with E-state index in [1.807, 2.05) is 32.9 Å². The number of hydrogen-bond acceptors (Lipinski definition) is 8. The molecule has 0 aliphatic carbocycles. The predicted octanol–water partition coefficient (Wildman–Crippen LogP) is 4.33. The van der Waals surface area contributed by atoms with Crippen LogP contribution < -0.4 is 10.2 Å². The Morgan fingerprint density at radius 1 is 1.17 bits per heavy atom. The molecule has 3 heterocycles. The molecule has 1 fully saturated rings. The number of aromatic nitrogens is 4. The van der Waals surface area contributed by atoms with Gasteiger partial charge in [-0.05, 0) is 43.2 Å². The topological polar surface area (TPSA) is 106 Å². The van der Waals surface area contributed by atoms with Crippen LogP contribution >= 0.6 is 11.6 Å². The second-order valence-electron chi connectivity index (χ2n) is 7.33. The van der Waals surface area contributed by atoms with Gasteiger partial charge in [0.05, 0.1) is 12.1 Å². The zero-order valence-electron chi connectivity index (χ0n) is 16.7. The average Bonchev–Trinajstić information content (AvgIpc) is 3.36. The monoisotopic (exact) mass is 428 g/mol. The maximum absolute atomic E-state index is 12.2. The average molecular weight is 429 g/mol. The first-order valence-electron chi connectivity index (χ1n) is 9.57. The summed E-state index contributed by atoms with van der Waals surface area (Å²) in [4.78, 5) is 26.9. The third kappa shape index (κ3) is 4.06. The lowest BCUT2D eigenvalue weighted by Crippen LogP contribution is -2.37. The summed E-state index contributed by atoms with van der Waals surface area (Å²) in [7, 11) is 0. The van der Waals surface area contributed by atoms with E-state index in [0.29, 0.717) is 35.1 Å². The number of nitrogens with one attached hydrogen (secondary N) is 1. The fourth-order valence-corrected chi connectivity index (χ4v) is 3.25. The number of benzene rings is 1. The molecule has 1 aromatic carbocycles. The molecule has 0 bridgehead atoms. The summed E-state index contributed by atoms with van der Waals surface area (Å²) in [6.07, 6.45) is 1.19. The van der Waals surface area contributed by atoms with E-state index in [-0.39, 0.29) is 18.0 Å². The van der Waals surface area contributed by atoms with Crippen LogP contribution in [0.15, 0.2) is 41.1 Å². The molecule has 2 aromatic heterocycles. The zero-order chi connectivity index (χ0) is 21.3.